The SMILES string of the molecule is CC1(C)c2ccccc2-c2ccc(-c3cn[nH]n3)cc21. The van der Waals surface area contributed by atoms with E-state index >= 15 is 0 Å². The Hall–Kier alpha value is -2.42. The molecule has 3 aromatic rings. The van der Waals surface area contributed by atoms with Crippen molar-refractivity contribution in [2.45, 2.75) is 19.3 Å². The number of nitrogens with zero attached hydrogens (tertiary/aromatic N) is 2. The second-order valence-corrected chi connectivity index (χ2v) is 5.79. The van der Waals surface area contributed by atoms with Crippen LogP contribution in [-0.4, -0.2) is 15.4 Å². The van der Waals surface area contributed by atoms with Crippen molar-refractivity contribution in [1.29, 1.82) is 0 Å². The molecule has 1 heterocycles. The number of nitrogens with one attached hydrogen (secondary N) is 1. The van der Waals surface area contributed by atoms with Gasteiger partial charge < -0.3 is 0 Å². The Morgan fingerprint density at radius 1 is 0.950 bits per heavy atom. The zero-order chi connectivity index (χ0) is 13.7. The molecule has 0 amide bonds. The fraction of sp³-hybridized carbons (Fsp3) is 0.176. The van der Waals surface area contributed by atoms with Gasteiger partial charge >= 0.3 is 0 Å². The van der Waals surface area contributed by atoms with Crippen LogP contribution in [0.25, 0.3) is 22.4 Å². The van der Waals surface area contributed by atoms with Gasteiger partial charge in [-0.15, -0.1) is 0 Å². The zero-order valence-corrected chi connectivity index (χ0v) is 11.5. The summed E-state index contributed by atoms with van der Waals surface area (Å²) in [4.78, 5) is 0. The van der Waals surface area contributed by atoms with E-state index in [0.29, 0.717) is 0 Å². The van der Waals surface area contributed by atoms with Crippen LogP contribution in [0.3, 0.4) is 0 Å². The van der Waals surface area contributed by atoms with E-state index < -0.39 is 0 Å². The van der Waals surface area contributed by atoms with Crippen LogP contribution in [0.15, 0.2) is 48.7 Å². The van der Waals surface area contributed by atoms with Crippen LogP contribution in [0.4, 0.5) is 0 Å². The molecule has 0 unspecified atom stereocenters. The summed E-state index contributed by atoms with van der Waals surface area (Å²) in [6.07, 6.45) is 1.76. The van der Waals surface area contributed by atoms with E-state index in [-0.39, 0.29) is 5.41 Å². The first-order chi connectivity index (χ1) is 9.68. The molecule has 0 radical (unpaired) electrons. The van der Waals surface area contributed by atoms with Crippen molar-refractivity contribution in [3.63, 3.8) is 0 Å². The molecule has 0 atom stereocenters. The van der Waals surface area contributed by atoms with E-state index in [1.165, 1.54) is 22.3 Å². The van der Waals surface area contributed by atoms with Gasteiger partial charge in [0.25, 0.3) is 0 Å². The molecule has 1 aliphatic rings. The monoisotopic (exact) mass is 261 g/mol. The highest BCUT2D eigenvalue weighted by atomic mass is 15.3. The van der Waals surface area contributed by atoms with Crippen LogP contribution >= 0.6 is 0 Å². The molecule has 0 bridgehead atoms. The van der Waals surface area contributed by atoms with Gasteiger partial charge in [-0.05, 0) is 28.3 Å². The lowest BCUT2D eigenvalue weighted by molar-refractivity contribution is 0.660. The standard InChI is InChI=1S/C17H15N3/c1-17(2)14-6-4-3-5-12(14)13-8-7-11(9-15(13)17)16-10-18-20-19-16/h3-10H,1-2H3,(H,18,19,20). The van der Waals surface area contributed by atoms with Gasteiger partial charge in [0, 0.05) is 11.0 Å². The Morgan fingerprint density at radius 2 is 1.75 bits per heavy atom. The van der Waals surface area contributed by atoms with E-state index in [2.05, 4.69) is 71.7 Å². The summed E-state index contributed by atoms with van der Waals surface area (Å²) < 4.78 is 0. The van der Waals surface area contributed by atoms with Crippen molar-refractivity contribution in [2.75, 3.05) is 0 Å². The molecule has 0 aliphatic heterocycles. The van der Waals surface area contributed by atoms with Crippen molar-refractivity contribution in [2.24, 2.45) is 0 Å². The highest BCUT2D eigenvalue weighted by Gasteiger charge is 2.35. The molecule has 0 fully saturated rings. The summed E-state index contributed by atoms with van der Waals surface area (Å²) in [5.74, 6) is 0. The second-order valence-electron chi connectivity index (χ2n) is 5.79. The summed E-state index contributed by atoms with van der Waals surface area (Å²) in [5.41, 5.74) is 7.47. The third-order valence-electron chi connectivity index (χ3n) is 4.29. The molecule has 1 N–H and O–H groups in total. The molecular formula is C17H15N3. The van der Waals surface area contributed by atoms with Crippen molar-refractivity contribution >= 4 is 0 Å². The van der Waals surface area contributed by atoms with E-state index in [9.17, 15) is 0 Å². The van der Waals surface area contributed by atoms with Crippen LogP contribution in [0, 0.1) is 0 Å². The van der Waals surface area contributed by atoms with Gasteiger partial charge in [-0.1, -0.05) is 50.2 Å². The molecule has 3 nitrogen and oxygen atoms in total. The lowest BCUT2D eigenvalue weighted by Crippen LogP contribution is -2.14. The number of H-pyrrole nitrogens is 1. The van der Waals surface area contributed by atoms with Gasteiger partial charge in [0.15, 0.2) is 0 Å². The number of benzene rings is 2. The van der Waals surface area contributed by atoms with E-state index in [4.69, 9.17) is 0 Å². The van der Waals surface area contributed by atoms with Crippen molar-refractivity contribution in [1.82, 2.24) is 15.4 Å². The minimum absolute atomic E-state index is 0.0334. The van der Waals surface area contributed by atoms with E-state index in [1.54, 1.807) is 6.20 Å². The molecule has 3 heteroatoms. The van der Waals surface area contributed by atoms with Crippen LogP contribution < -0.4 is 0 Å². The van der Waals surface area contributed by atoms with Gasteiger partial charge in [0.2, 0.25) is 0 Å². The number of aromatic amines is 1. The Balaban J connectivity index is 1.97. The van der Waals surface area contributed by atoms with Crippen molar-refractivity contribution in [3.05, 3.63) is 59.8 Å². The van der Waals surface area contributed by atoms with Crippen LogP contribution in [0.5, 0.6) is 0 Å². The summed E-state index contributed by atoms with van der Waals surface area (Å²) >= 11 is 0. The van der Waals surface area contributed by atoms with Crippen LogP contribution in [-0.2, 0) is 5.41 Å². The molecule has 0 spiro atoms. The topological polar surface area (TPSA) is 41.6 Å². The predicted octanol–water partition coefficient (Wildman–Crippen LogP) is 3.78. The fourth-order valence-corrected chi connectivity index (χ4v) is 3.20. The third-order valence-corrected chi connectivity index (χ3v) is 4.29. The van der Waals surface area contributed by atoms with Gasteiger partial charge in [0.1, 0.15) is 5.69 Å². The maximum absolute atomic E-state index is 4.17. The normalized spacial score (nSPS) is 14.9. The molecule has 4 rings (SSSR count). The van der Waals surface area contributed by atoms with E-state index in [1.807, 2.05) is 0 Å². The van der Waals surface area contributed by atoms with Gasteiger partial charge in [-0.2, -0.15) is 15.4 Å². The quantitative estimate of drug-likeness (QED) is 0.724. The fourth-order valence-electron chi connectivity index (χ4n) is 3.20. The zero-order valence-electron chi connectivity index (χ0n) is 11.5. The summed E-state index contributed by atoms with van der Waals surface area (Å²) in [6.45, 7) is 4.56. The molecule has 20 heavy (non-hydrogen) atoms. The first-order valence-corrected chi connectivity index (χ1v) is 6.78. The Kier molecular flexibility index (Phi) is 2.16. The highest BCUT2D eigenvalue weighted by Crippen LogP contribution is 2.49. The minimum atomic E-state index is 0.0334. The highest BCUT2D eigenvalue weighted by molar-refractivity contribution is 5.82. The molecule has 98 valence electrons. The maximum atomic E-state index is 4.17. The van der Waals surface area contributed by atoms with Crippen LogP contribution in [0.1, 0.15) is 25.0 Å². The molecule has 2 aromatic carbocycles. The minimum Gasteiger partial charge on any atom is -0.197 e. The Morgan fingerprint density at radius 3 is 2.55 bits per heavy atom. The third kappa shape index (κ3) is 1.40. The first-order valence-electron chi connectivity index (χ1n) is 6.78. The summed E-state index contributed by atoms with van der Waals surface area (Å²) in [7, 11) is 0. The van der Waals surface area contributed by atoms with Crippen LogP contribution in [0.2, 0.25) is 0 Å². The van der Waals surface area contributed by atoms with Gasteiger partial charge in [-0.25, -0.2) is 0 Å². The molecule has 1 aromatic heterocycles. The Bertz CT molecular complexity index is 786. The number of fused-ring (bicyclic) bond motifs is 3. The van der Waals surface area contributed by atoms with Crippen molar-refractivity contribution in [3.8, 4) is 22.4 Å². The molecule has 0 saturated carbocycles. The lowest BCUT2D eigenvalue weighted by atomic mass is 9.82. The van der Waals surface area contributed by atoms with Gasteiger partial charge in [-0.3, -0.25) is 0 Å². The average molecular weight is 261 g/mol. The number of aromatic nitrogens is 3. The molecule has 1 aliphatic carbocycles. The number of rotatable bonds is 1. The number of hydrogen-bond donors (Lipinski definition) is 1. The van der Waals surface area contributed by atoms with E-state index in [0.717, 1.165) is 11.3 Å². The summed E-state index contributed by atoms with van der Waals surface area (Å²) in [6, 6.07) is 15.2. The first kappa shape index (κ1) is 11.4. The van der Waals surface area contributed by atoms with Crippen molar-refractivity contribution < 1.29 is 0 Å². The second kappa shape index (κ2) is 3.79. The van der Waals surface area contributed by atoms with Gasteiger partial charge in [0.05, 0.1) is 6.20 Å². The molecule has 0 saturated heterocycles. The summed E-state index contributed by atoms with van der Waals surface area (Å²) in [5, 5.41) is 10.7. The lowest BCUT2D eigenvalue weighted by Gasteiger charge is -2.21. The largest absolute Gasteiger partial charge is 0.197 e. The smallest absolute Gasteiger partial charge is 0.112 e. The predicted molar refractivity (Wildman–Crippen MR) is 79.4 cm³/mol. The Labute approximate surface area is 117 Å². The average Bonchev–Trinajstić information content (AvgIpc) is 3.07. The number of hydrogen-bond acceptors (Lipinski definition) is 2. The molecular weight excluding hydrogens is 246 g/mol. The maximum Gasteiger partial charge on any atom is 0.112 e.